The van der Waals surface area contributed by atoms with Crippen LogP contribution in [0, 0.1) is 5.41 Å². The van der Waals surface area contributed by atoms with Crippen LogP contribution in [0.1, 0.15) is 31.9 Å². The van der Waals surface area contributed by atoms with Gasteiger partial charge in [-0.15, -0.1) is 0 Å². The molecule has 7 nitrogen and oxygen atoms in total. The van der Waals surface area contributed by atoms with Gasteiger partial charge in [-0.2, -0.15) is 0 Å². The van der Waals surface area contributed by atoms with Gasteiger partial charge in [0.1, 0.15) is 12.6 Å². The van der Waals surface area contributed by atoms with Crippen LogP contribution in [0.3, 0.4) is 0 Å². The van der Waals surface area contributed by atoms with Gasteiger partial charge in [0.15, 0.2) is 0 Å². The van der Waals surface area contributed by atoms with E-state index in [0.717, 1.165) is 16.8 Å². The number of carbonyl (C=O) groups excluding carboxylic acids is 2. The summed E-state index contributed by atoms with van der Waals surface area (Å²) < 4.78 is 5.34. The van der Waals surface area contributed by atoms with Gasteiger partial charge in [0.05, 0.1) is 6.61 Å². The lowest BCUT2D eigenvalue weighted by Gasteiger charge is -2.40. The van der Waals surface area contributed by atoms with E-state index in [4.69, 9.17) is 4.74 Å². The molecule has 1 atom stereocenters. The lowest BCUT2D eigenvalue weighted by molar-refractivity contribution is -0.136. The number of alkyl carbamates (subject to hydrolysis) is 1. The van der Waals surface area contributed by atoms with Gasteiger partial charge in [-0.25, -0.2) is 4.79 Å². The predicted octanol–water partition coefficient (Wildman–Crippen LogP) is 3.17. The molecule has 1 aliphatic heterocycles. The topological polar surface area (TPSA) is 82.1 Å². The van der Waals surface area contributed by atoms with Crippen LogP contribution in [0.5, 0.6) is 0 Å². The van der Waals surface area contributed by atoms with E-state index in [0.29, 0.717) is 26.2 Å². The molecule has 0 spiro atoms. The Morgan fingerprint density at radius 1 is 0.969 bits per heavy atom. The Bertz CT molecular complexity index is 886. The second-order valence-electron chi connectivity index (χ2n) is 9.14. The normalized spacial score (nSPS) is 15.2. The minimum absolute atomic E-state index is 0.0253. The molecular formula is C25H33N3O4. The van der Waals surface area contributed by atoms with Gasteiger partial charge < -0.3 is 25.0 Å². The summed E-state index contributed by atoms with van der Waals surface area (Å²) in [6, 6.07) is 16.6. The number of ether oxygens (including phenoxy) is 1. The largest absolute Gasteiger partial charge is 0.445 e. The summed E-state index contributed by atoms with van der Waals surface area (Å²) in [5, 5.41) is 12.0. The molecule has 2 aromatic rings. The van der Waals surface area contributed by atoms with Gasteiger partial charge in [-0.05, 0) is 28.7 Å². The molecule has 0 bridgehead atoms. The highest BCUT2D eigenvalue weighted by molar-refractivity contribution is 5.86. The number of aliphatic hydroxyl groups excluding tert-OH is 1. The van der Waals surface area contributed by atoms with E-state index in [1.807, 2.05) is 80.3 Å². The Hall–Kier alpha value is -3.06. The summed E-state index contributed by atoms with van der Waals surface area (Å²) in [5.41, 5.74) is 2.38. The smallest absolute Gasteiger partial charge is 0.408 e. The lowest BCUT2D eigenvalue weighted by Crippen LogP contribution is -2.58. The first-order valence-electron chi connectivity index (χ1n) is 11.0. The van der Waals surface area contributed by atoms with E-state index in [-0.39, 0.29) is 19.1 Å². The number of nitrogens with zero attached hydrogens (tertiary/aromatic N) is 2. The van der Waals surface area contributed by atoms with Crippen molar-refractivity contribution in [1.29, 1.82) is 0 Å². The summed E-state index contributed by atoms with van der Waals surface area (Å²) in [7, 11) is 0. The standard InChI is InChI=1S/C25H33N3O4/c1-25(2,3)22(26-24(31)32-18-20-7-5-4-6-8-20)23(30)28-15-13-27(14-16-28)21-11-9-19(17-29)10-12-21/h4-12,22,29H,13-18H2,1-3H3,(H,26,31). The minimum Gasteiger partial charge on any atom is -0.445 e. The summed E-state index contributed by atoms with van der Waals surface area (Å²) in [4.78, 5) is 29.7. The highest BCUT2D eigenvalue weighted by Crippen LogP contribution is 2.23. The molecule has 2 amide bonds. The Kier molecular flexibility index (Phi) is 7.75. The third kappa shape index (κ3) is 6.23. The molecule has 7 heteroatoms. The maximum Gasteiger partial charge on any atom is 0.408 e. The van der Waals surface area contributed by atoms with Crippen LogP contribution in [0.2, 0.25) is 0 Å². The monoisotopic (exact) mass is 439 g/mol. The number of benzene rings is 2. The van der Waals surface area contributed by atoms with Gasteiger partial charge in [-0.3, -0.25) is 4.79 Å². The zero-order valence-electron chi connectivity index (χ0n) is 19.1. The van der Waals surface area contributed by atoms with Crippen LogP contribution in [0.4, 0.5) is 10.5 Å². The molecule has 1 saturated heterocycles. The number of rotatable bonds is 6. The Labute approximate surface area is 190 Å². The summed E-state index contributed by atoms with van der Waals surface area (Å²) in [6.45, 7) is 8.56. The van der Waals surface area contributed by atoms with Crippen molar-refractivity contribution in [2.45, 2.75) is 40.0 Å². The number of hydrogen-bond acceptors (Lipinski definition) is 5. The Morgan fingerprint density at radius 2 is 1.59 bits per heavy atom. The first-order valence-corrected chi connectivity index (χ1v) is 11.0. The first kappa shape index (κ1) is 23.6. The summed E-state index contributed by atoms with van der Waals surface area (Å²) >= 11 is 0. The maximum atomic E-state index is 13.3. The third-order valence-corrected chi connectivity index (χ3v) is 5.66. The molecule has 2 N–H and O–H groups in total. The number of nitrogens with one attached hydrogen (secondary N) is 1. The number of carbonyl (C=O) groups is 2. The van der Waals surface area contributed by atoms with E-state index in [9.17, 15) is 14.7 Å². The molecule has 0 saturated carbocycles. The SMILES string of the molecule is CC(C)(C)C(NC(=O)OCc1ccccc1)C(=O)N1CCN(c2ccc(CO)cc2)CC1. The van der Waals surface area contributed by atoms with Crippen molar-refractivity contribution in [2.24, 2.45) is 5.41 Å². The summed E-state index contributed by atoms with van der Waals surface area (Å²) in [5.74, 6) is -0.0931. The third-order valence-electron chi connectivity index (χ3n) is 5.66. The van der Waals surface area contributed by atoms with Crippen molar-refractivity contribution >= 4 is 17.7 Å². The minimum atomic E-state index is -0.679. The van der Waals surface area contributed by atoms with Crippen LogP contribution in [0.25, 0.3) is 0 Å². The fourth-order valence-corrected chi connectivity index (χ4v) is 3.71. The van der Waals surface area contributed by atoms with E-state index in [1.165, 1.54) is 0 Å². The highest BCUT2D eigenvalue weighted by atomic mass is 16.5. The van der Waals surface area contributed by atoms with E-state index < -0.39 is 17.6 Å². The quantitative estimate of drug-likeness (QED) is 0.723. The van der Waals surface area contributed by atoms with Gasteiger partial charge in [-0.1, -0.05) is 63.2 Å². The van der Waals surface area contributed by atoms with E-state index >= 15 is 0 Å². The fraction of sp³-hybridized carbons (Fsp3) is 0.440. The molecular weight excluding hydrogens is 406 g/mol. The molecule has 1 fully saturated rings. The van der Waals surface area contributed by atoms with E-state index in [1.54, 1.807) is 0 Å². The average Bonchev–Trinajstić information content (AvgIpc) is 2.81. The van der Waals surface area contributed by atoms with Gasteiger partial charge in [0.2, 0.25) is 5.91 Å². The molecule has 0 radical (unpaired) electrons. The van der Waals surface area contributed by atoms with Gasteiger partial charge in [0, 0.05) is 31.9 Å². The average molecular weight is 440 g/mol. The molecule has 172 valence electrons. The second kappa shape index (κ2) is 10.5. The van der Waals surface area contributed by atoms with Crippen molar-refractivity contribution in [3.8, 4) is 0 Å². The Balaban J connectivity index is 1.56. The molecule has 32 heavy (non-hydrogen) atoms. The van der Waals surface area contributed by atoms with Gasteiger partial charge in [0.25, 0.3) is 0 Å². The Morgan fingerprint density at radius 3 is 2.16 bits per heavy atom. The maximum absolute atomic E-state index is 13.3. The number of piperazine rings is 1. The predicted molar refractivity (Wildman–Crippen MR) is 124 cm³/mol. The number of aliphatic hydroxyl groups is 1. The lowest BCUT2D eigenvalue weighted by atomic mass is 9.85. The van der Waals surface area contributed by atoms with Crippen LogP contribution >= 0.6 is 0 Å². The van der Waals surface area contributed by atoms with Crippen LogP contribution in [-0.4, -0.2) is 54.2 Å². The zero-order valence-corrected chi connectivity index (χ0v) is 19.1. The number of hydrogen-bond donors (Lipinski definition) is 2. The molecule has 1 aliphatic rings. The number of amides is 2. The van der Waals surface area contributed by atoms with Crippen LogP contribution < -0.4 is 10.2 Å². The first-order chi connectivity index (χ1) is 15.3. The molecule has 2 aromatic carbocycles. The molecule has 3 rings (SSSR count). The van der Waals surface area contributed by atoms with Crippen LogP contribution in [-0.2, 0) is 22.7 Å². The molecule has 0 aliphatic carbocycles. The van der Waals surface area contributed by atoms with E-state index in [2.05, 4.69) is 10.2 Å². The van der Waals surface area contributed by atoms with Crippen LogP contribution in [0.15, 0.2) is 54.6 Å². The van der Waals surface area contributed by atoms with Crippen molar-refractivity contribution in [2.75, 3.05) is 31.1 Å². The second-order valence-corrected chi connectivity index (χ2v) is 9.14. The molecule has 0 aromatic heterocycles. The van der Waals surface area contributed by atoms with Crippen molar-refractivity contribution in [1.82, 2.24) is 10.2 Å². The fourth-order valence-electron chi connectivity index (χ4n) is 3.71. The van der Waals surface area contributed by atoms with Crippen molar-refractivity contribution in [3.63, 3.8) is 0 Å². The molecule has 1 unspecified atom stereocenters. The molecule has 1 heterocycles. The highest BCUT2D eigenvalue weighted by Gasteiger charge is 2.37. The number of anilines is 1. The van der Waals surface area contributed by atoms with Gasteiger partial charge >= 0.3 is 6.09 Å². The summed E-state index contributed by atoms with van der Waals surface area (Å²) in [6.07, 6.45) is -0.593. The van der Waals surface area contributed by atoms with Crippen molar-refractivity contribution < 1.29 is 19.4 Å². The zero-order chi connectivity index (χ0) is 23.1. The van der Waals surface area contributed by atoms with Crippen molar-refractivity contribution in [3.05, 3.63) is 65.7 Å².